The van der Waals surface area contributed by atoms with E-state index < -0.39 is 5.97 Å². The summed E-state index contributed by atoms with van der Waals surface area (Å²) in [6, 6.07) is 7.35. The average molecular weight is 350 g/mol. The lowest BCUT2D eigenvalue weighted by Gasteiger charge is -2.04. The molecule has 0 saturated heterocycles. The van der Waals surface area contributed by atoms with Crippen LogP contribution in [0, 0.1) is 0 Å². The molecule has 0 bridgehead atoms. The number of carbonyl (C=O) groups excluding carboxylic acids is 2. The van der Waals surface area contributed by atoms with Crippen LogP contribution in [0.25, 0.3) is 10.6 Å². The van der Waals surface area contributed by atoms with Gasteiger partial charge in [0.1, 0.15) is 10.8 Å². The zero-order valence-corrected chi connectivity index (χ0v) is 14.2. The monoisotopic (exact) mass is 350 g/mol. The number of amides is 1. The summed E-state index contributed by atoms with van der Waals surface area (Å²) >= 11 is 1.33. The number of ether oxygens (including phenoxy) is 3. The average Bonchev–Trinajstić information content (AvgIpc) is 3.10. The summed E-state index contributed by atoms with van der Waals surface area (Å²) in [5.41, 5.74) is 1.05. The second-order valence-corrected chi connectivity index (χ2v) is 5.54. The number of benzene rings is 1. The van der Waals surface area contributed by atoms with Gasteiger partial charge in [0, 0.05) is 24.6 Å². The van der Waals surface area contributed by atoms with Gasteiger partial charge in [-0.05, 0) is 24.3 Å². The van der Waals surface area contributed by atoms with Gasteiger partial charge < -0.3 is 19.5 Å². The number of rotatable bonds is 8. The highest BCUT2D eigenvalue weighted by Crippen LogP contribution is 2.25. The number of carbonyl (C=O) groups is 2. The fourth-order valence-corrected chi connectivity index (χ4v) is 2.58. The van der Waals surface area contributed by atoms with E-state index in [1.807, 2.05) is 24.3 Å². The molecule has 0 unspecified atom stereocenters. The van der Waals surface area contributed by atoms with E-state index in [9.17, 15) is 9.59 Å². The van der Waals surface area contributed by atoms with E-state index in [-0.39, 0.29) is 18.2 Å². The van der Waals surface area contributed by atoms with Gasteiger partial charge in [0.05, 0.1) is 13.7 Å². The molecule has 0 saturated carbocycles. The van der Waals surface area contributed by atoms with Crippen molar-refractivity contribution in [3.8, 4) is 16.3 Å². The summed E-state index contributed by atoms with van der Waals surface area (Å²) in [4.78, 5) is 27.6. The minimum atomic E-state index is -0.632. The largest absolute Gasteiger partial charge is 0.497 e. The second-order valence-electron chi connectivity index (χ2n) is 4.69. The van der Waals surface area contributed by atoms with Gasteiger partial charge in [0.15, 0.2) is 12.3 Å². The molecule has 2 aromatic rings. The molecule has 0 aliphatic carbocycles. The zero-order chi connectivity index (χ0) is 17.4. The molecule has 1 heterocycles. The van der Waals surface area contributed by atoms with E-state index in [4.69, 9.17) is 14.2 Å². The zero-order valence-electron chi connectivity index (χ0n) is 13.4. The highest BCUT2D eigenvalue weighted by molar-refractivity contribution is 7.13. The molecule has 1 aromatic carbocycles. The first-order valence-corrected chi connectivity index (χ1v) is 8.04. The summed E-state index contributed by atoms with van der Waals surface area (Å²) in [5.74, 6) is -0.270. The van der Waals surface area contributed by atoms with Gasteiger partial charge in [-0.3, -0.25) is 4.79 Å². The Kier molecular flexibility index (Phi) is 6.71. The predicted molar refractivity (Wildman–Crippen MR) is 89.3 cm³/mol. The third kappa shape index (κ3) is 5.04. The molecular weight excluding hydrogens is 332 g/mol. The van der Waals surface area contributed by atoms with Crippen LogP contribution >= 0.6 is 11.3 Å². The molecule has 0 fully saturated rings. The Morgan fingerprint density at radius 1 is 1.21 bits per heavy atom. The summed E-state index contributed by atoms with van der Waals surface area (Å²) in [6.45, 7) is 0.417. The van der Waals surface area contributed by atoms with Crippen LogP contribution in [0.5, 0.6) is 5.75 Å². The highest BCUT2D eigenvalue weighted by atomic mass is 32.1. The maximum Gasteiger partial charge on any atom is 0.358 e. The third-order valence-electron chi connectivity index (χ3n) is 3.01. The topological polar surface area (TPSA) is 86.8 Å². The van der Waals surface area contributed by atoms with Gasteiger partial charge >= 0.3 is 5.97 Å². The van der Waals surface area contributed by atoms with E-state index in [1.165, 1.54) is 18.4 Å². The highest BCUT2D eigenvalue weighted by Gasteiger charge is 2.14. The minimum Gasteiger partial charge on any atom is -0.497 e. The number of hydrogen-bond acceptors (Lipinski definition) is 7. The molecule has 0 aliphatic rings. The van der Waals surface area contributed by atoms with Gasteiger partial charge in [-0.15, -0.1) is 11.3 Å². The van der Waals surface area contributed by atoms with Crippen molar-refractivity contribution in [3.05, 3.63) is 35.3 Å². The third-order valence-corrected chi connectivity index (χ3v) is 3.90. The van der Waals surface area contributed by atoms with E-state index in [0.29, 0.717) is 18.2 Å². The summed E-state index contributed by atoms with van der Waals surface area (Å²) in [7, 11) is 3.13. The van der Waals surface area contributed by atoms with Crippen molar-refractivity contribution in [2.24, 2.45) is 0 Å². The SMILES string of the molecule is COCCNC(=O)COC(=O)c1csc(-c2ccc(OC)cc2)n1. The molecule has 0 radical (unpaired) electrons. The maximum absolute atomic E-state index is 11.9. The van der Waals surface area contributed by atoms with Crippen LogP contribution in [0.1, 0.15) is 10.5 Å². The standard InChI is InChI=1S/C16H18N2O5S/c1-21-8-7-17-14(19)9-23-16(20)13-10-24-15(18-13)11-3-5-12(22-2)6-4-11/h3-6,10H,7-9H2,1-2H3,(H,17,19). The summed E-state index contributed by atoms with van der Waals surface area (Å²) in [6.07, 6.45) is 0. The molecule has 128 valence electrons. The molecule has 2 rings (SSSR count). The smallest absolute Gasteiger partial charge is 0.358 e. The van der Waals surface area contributed by atoms with Crippen molar-refractivity contribution in [2.75, 3.05) is 34.0 Å². The Morgan fingerprint density at radius 2 is 1.96 bits per heavy atom. The Labute approximate surface area is 143 Å². The quantitative estimate of drug-likeness (QED) is 0.576. The molecule has 7 nitrogen and oxygen atoms in total. The maximum atomic E-state index is 11.9. The van der Waals surface area contributed by atoms with Gasteiger partial charge in [-0.25, -0.2) is 9.78 Å². The molecule has 24 heavy (non-hydrogen) atoms. The minimum absolute atomic E-state index is 0.176. The van der Waals surface area contributed by atoms with Crippen LogP contribution in [0.4, 0.5) is 0 Å². The Morgan fingerprint density at radius 3 is 2.62 bits per heavy atom. The lowest BCUT2D eigenvalue weighted by Crippen LogP contribution is -2.31. The first-order chi connectivity index (χ1) is 11.6. The molecule has 0 spiro atoms. The number of nitrogens with one attached hydrogen (secondary N) is 1. The van der Waals surface area contributed by atoms with Crippen LogP contribution in [0.15, 0.2) is 29.6 Å². The first kappa shape index (κ1) is 17.9. The first-order valence-electron chi connectivity index (χ1n) is 7.16. The fraction of sp³-hybridized carbons (Fsp3) is 0.312. The summed E-state index contributed by atoms with van der Waals surface area (Å²) < 4.78 is 14.8. The lowest BCUT2D eigenvalue weighted by molar-refractivity contribution is -0.124. The molecule has 0 atom stereocenters. The van der Waals surface area contributed by atoms with Crippen molar-refractivity contribution in [2.45, 2.75) is 0 Å². The van der Waals surface area contributed by atoms with Gasteiger partial charge in [0.2, 0.25) is 0 Å². The van der Waals surface area contributed by atoms with E-state index in [1.54, 1.807) is 12.5 Å². The number of nitrogens with zero attached hydrogens (tertiary/aromatic N) is 1. The molecule has 1 aromatic heterocycles. The normalized spacial score (nSPS) is 10.2. The number of esters is 1. The van der Waals surface area contributed by atoms with Crippen LogP contribution in [0.2, 0.25) is 0 Å². The van der Waals surface area contributed by atoms with Crippen molar-refractivity contribution in [3.63, 3.8) is 0 Å². The number of aromatic nitrogens is 1. The number of hydrogen-bond donors (Lipinski definition) is 1. The van der Waals surface area contributed by atoms with E-state index in [0.717, 1.165) is 11.3 Å². The Balaban J connectivity index is 1.89. The molecule has 1 amide bonds. The van der Waals surface area contributed by atoms with Gasteiger partial charge in [0.25, 0.3) is 5.91 Å². The van der Waals surface area contributed by atoms with Crippen molar-refractivity contribution >= 4 is 23.2 Å². The van der Waals surface area contributed by atoms with Crippen molar-refractivity contribution in [1.82, 2.24) is 10.3 Å². The fourth-order valence-electron chi connectivity index (χ4n) is 1.78. The molecular formula is C16H18N2O5S. The number of methoxy groups -OCH3 is 2. The lowest BCUT2D eigenvalue weighted by atomic mass is 10.2. The van der Waals surface area contributed by atoms with Crippen molar-refractivity contribution in [1.29, 1.82) is 0 Å². The van der Waals surface area contributed by atoms with E-state index >= 15 is 0 Å². The Bertz CT molecular complexity index is 684. The van der Waals surface area contributed by atoms with Crippen molar-refractivity contribution < 1.29 is 23.8 Å². The van der Waals surface area contributed by atoms with Crippen LogP contribution in [-0.2, 0) is 14.3 Å². The second kappa shape index (κ2) is 8.99. The van der Waals surface area contributed by atoms with Gasteiger partial charge in [-0.2, -0.15) is 0 Å². The van der Waals surface area contributed by atoms with Gasteiger partial charge in [-0.1, -0.05) is 0 Å². The van der Waals surface area contributed by atoms with Crippen LogP contribution < -0.4 is 10.1 Å². The molecule has 8 heteroatoms. The van der Waals surface area contributed by atoms with E-state index in [2.05, 4.69) is 10.3 Å². The summed E-state index contributed by atoms with van der Waals surface area (Å²) in [5, 5.41) is 4.85. The Hall–Kier alpha value is -2.45. The number of thiazole rings is 1. The van der Waals surface area contributed by atoms with Crippen LogP contribution in [-0.4, -0.2) is 50.8 Å². The van der Waals surface area contributed by atoms with Crippen LogP contribution in [0.3, 0.4) is 0 Å². The molecule has 0 aliphatic heterocycles. The predicted octanol–water partition coefficient (Wildman–Crippen LogP) is 1.74. The molecule has 1 N–H and O–H groups in total.